The van der Waals surface area contributed by atoms with Crippen molar-refractivity contribution in [3.63, 3.8) is 0 Å². The van der Waals surface area contributed by atoms with Gasteiger partial charge in [-0.05, 0) is 29.7 Å². The highest BCUT2D eigenvalue weighted by molar-refractivity contribution is 5.77. The molecule has 0 radical (unpaired) electrons. The second-order valence-electron chi connectivity index (χ2n) is 5.79. The van der Waals surface area contributed by atoms with E-state index in [0.717, 1.165) is 17.5 Å². The number of piperidine rings is 1. The van der Waals surface area contributed by atoms with E-state index in [0.29, 0.717) is 18.5 Å². The minimum atomic E-state index is -0.0170. The molecule has 1 fully saturated rings. The highest BCUT2D eigenvalue weighted by atomic mass is 16.1. The molecule has 1 amide bonds. The Morgan fingerprint density at radius 1 is 1.17 bits per heavy atom. The standard InChI is InChI=1S/C19H19N3O/c20-12-14-5-4-6-15(11-14)13-21-17-9-10-18(23)22-19(17)16-7-2-1-3-8-16/h1-8,11,17,19,21H,9-10,13H2,(H,22,23)/t17-,19+/m1/s1. The average Bonchev–Trinajstić information content (AvgIpc) is 2.61. The molecular formula is C19H19N3O. The van der Waals surface area contributed by atoms with Gasteiger partial charge in [-0.2, -0.15) is 5.26 Å². The molecule has 0 aliphatic carbocycles. The Kier molecular flexibility index (Phi) is 4.70. The summed E-state index contributed by atoms with van der Waals surface area (Å²) < 4.78 is 0. The Hall–Kier alpha value is -2.64. The molecule has 23 heavy (non-hydrogen) atoms. The van der Waals surface area contributed by atoms with Gasteiger partial charge in [0.25, 0.3) is 0 Å². The number of benzene rings is 2. The predicted molar refractivity (Wildman–Crippen MR) is 88.3 cm³/mol. The zero-order chi connectivity index (χ0) is 16.1. The second kappa shape index (κ2) is 7.08. The number of amides is 1. The fraction of sp³-hybridized carbons (Fsp3) is 0.263. The van der Waals surface area contributed by atoms with Gasteiger partial charge in [0.15, 0.2) is 0 Å². The molecule has 1 saturated heterocycles. The van der Waals surface area contributed by atoms with Crippen LogP contribution in [-0.2, 0) is 11.3 Å². The molecule has 0 spiro atoms. The van der Waals surface area contributed by atoms with E-state index in [1.165, 1.54) is 0 Å². The molecule has 116 valence electrons. The maximum atomic E-state index is 11.8. The van der Waals surface area contributed by atoms with Crippen molar-refractivity contribution in [2.24, 2.45) is 0 Å². The lowest BCUT2D eigenvalue weighted by Gasteiger charge is -2.33. The Morgan fingerprint density at radius 3 is 2.78 bits per heavy atom. The molecule has 2 aromatic carbocycles. The van der Waals surface area contributed by atoms with E-state index in [4.69, 9.17) is 5.26 Å². The van der Waals surface area contributed by atoms with Crippen LogP contribution in [0.2, 0.25) is 0 Å². The summed E-state index contributed by atoms with van der Waals surface area (Å²) in [6, 6.07) is 20.0. The van der Waals surface area contributed by atoms with Crippen LogP contribution in [-0.4, -0.2) is 11.9 Å². The number of rotatable bonds is 4. The quantitative estimate of drug-likeness (QED) is 0.912. The van der Waals surface area contributed by atoms with Crippen LogP contribution in [0.5, 0.6) is 0 Å². The smallest absolute Gasteiger partial charge is 0.220 e. The Morgan fingerprint density at radius 2 is 2.00 bits per heavy atom. The highest BCUT2D eigenvalue weighted by Gasteiger charge is 2.29. The first-order valence-corrected chi connectivity index (χ1v) is 7.83. The summed E-state index contributed by atoms with van der Waals surface area (Å²) in [6.07, 6.45) is 1.35. The zero-order valence-corrected chi connectivity index (χ0v) is 12.8. The van der Waals surface area contributed by atoms with Crippen LogP contribution in [0.15, 0.2) is 54.6 Å². The second-order valence-corrected chi connectivity index (χ2v) is 5.79. The lowest BCUT2D eigenvalue weighted by Crippen LogP contribution is -2.48. The van der Waals surface area contributed by atoms with Gasteiger partial charge >= 0.3 is 0 Å². The predicted octanol–water partition coefficient (Wildman–Crippen LogP) is 2.67. The monoisotopic (exact) mass is 305 g/mol. The first-order chi connectivity index (χ1) is 11.3. The maximum Gasteiger partial charge on any atom is 0.220 e. The minimum Gasteiger partial charge on any atom is -0.348 e. The molecule has 2 N–H and O–H groups in total. The first-order valence-electron chi connectivity index (χ1n) is 7.83. The third kappa shape index (κ3) is 3.77. The van der Waals surface area contributed by atoms with Gasteiger partial charge in [-0.1, -0.05) is 42.5 Å². The number of hydrogen-bond acceptors (Lipinski definition) is 3. The summed E-state index contributed by atoms with van der Waals surface area (Å²) in [4.78, 5) is 11.8. The number of nitrogens with zero attached hydrogens (tertiary/aromatic N) is 1. The molecule has 0 unspecified atom stereocenters. The van der Waals surface area contributed by atoms with Crippen molar-refractivity contribution in [3.05, 3.63) is 71.3 Å². The van der Waals surface area contributed by atoms with Gasteiger partial charge in [-0.15, -0.1) is 0 Å². The van der Waals surface area contributed by atoms with Crippen LogP contribution < -0.4 is 10.6 Å². The SMILES string of the molecule is N#Cc1cccc(CN[C@@H]2CCC(=O)N[C@H]2c2ccccc2)c1. The van der Waals surface area contributed by atoms with Gasteiger partial charge in [0.2, 0.25) is 5.91 Å². The van der Waals surface area contributed by atoms with Crippen molar-refractivity contribution in [1.82, 2.24) is 10.6 Å². The lowest BCUT2D eigenvalue weighted by atomic mass is 9.92. The molecule has 2 atom stereocenters. The molecule has 0 aromatic heterocycles. The molecule has 0 saturated carbocycles. The number of nitrogens with one attached hydrogen (secondary N) is 2. The van der Waals surface area contributed by atoms with Crippen molar-refractivity contribution < 1.29 is 4.79 Å². The number of nitriles is 1. The van der Waals surface area contributed by atoms with E-state index in [-0.39, 0.29) is 18.0 Å². The van der Waals surface area contributed by atoms with Crippen LogP contribution in [0.25, 0.3) is 0 Å². The van der Waals surface area contributed by atoms with E-state index in [9.17, 15) is 4.79 Å². The van der Waals surface area contributed by atoms with Crippen molar-refractivity contribution in [2.45, 2.75) is 31.5 Å². The summed E-state index contributed by atoms with van der Waals surface area (Å²) in [7, 11) is 0. The van der Waals surface area contributed by atoms with E-state index in [1.807, 2.05) is 48.5 Å². The largest absolute Gasteiger partial charge is 0.348 e. The summed E-state index contributed by atoms with van der Waals surface area (Å²) in [6.45, 7) is 0.680. The fourth-order valence-electron chi connectivity index (χ4n) is 3.00. The fourth-order valence-corrected chi connectivity index (χ4v) is 3.00. The topological polar surface area (TPSA) is 64.9 Å². The Bertz CT molecular complexity index is 721. The molecule has 1 aliphatic heterocycles. The average molecular weight is 305 g/mol. The van der Waals surface area contributed by atoms with E-state index < -0.39 is 0 Å². The van der Waals surface area contributed by atoms with Gasteiger partial charge in [0.05, 0.1) is 17.7 Å². The van der Waals surface area contributed by atoms with Crippen molar-refractivity contribution in [1.29, 1.82) is 5.26 Å². The normalized spacial score (nSPS) is 20.6. The molecule has 3 rings (SSSR count). The number of hydrogen-bond donors (Lipinski definition) is 2. The van der Waals surface area contributed by atoms with Crippen LogP contribution in [0.4, 0.5) is 0 Å². The minimum absolute atomic E-state index is 0.0170. The van der Waals surface area contributed by atoms with Gasteiger partial charge in [-0.3, -0.25) is 4.79 Å². The maximum absolute atomic E-state index is 11.8. The van der Waals surface area contributed by atoms with Crippen molar-refractivity contribution in [3.8, 4) is 6.07 Å². The molecule has 0 bridgehead atoms. The summed E-state index contributed by atoms with van der Waals surface area (Å²) in [5.74, 6) is 0.100. The third-order valence-electron chi connectivity index (χ3n) is 4.18. The summed E-state index contributed by atoms with van der Waals surface area (Å²) >= 11 is 0. The Labute approximate surface area is 136 Å². The molecule has 4 nitrogen and oxygen atoms in total. The number of carbonyl (C=O) groups excluding carboxylic acids is 1. The van der Waals surface area contributed by atoms with E-state index in [1.54, 1.807) is 6.07 Å². The van der Waals surface area contributed by atoms with Crippen molar-refractivity contribution in [2.75, 3.05) is 0 Å². The van der Waals surface area contributed by atoms with Gasteiger partial charge < -0.3 is 10.6 Å². The van der Waals surface area contributed by atoms with Gasteiger partial charge in [0.1, 0.15) is 0 Å². The highest BCUT2D eigenvalue weighted by Crippen LogP contribution is 2.24. The van der Waals surface area contributed by atoms with Crippen LogP contribution >= 0.6 is 0 Å². The molecule has 2 aromatic rings. The summed E-state index contributed by atoms with van der Waals surface area (Å²) in [5, 5.41) is 15.6. The molecule has 4 heteroatoms. The van der Waals surface area contributed by atoms with Crippen LogP contribution in [0, 0.1) is 11.3 Å². The number of carbonyl (C=O) groups is 1. The third-order valence-corrected chi connectivity index (χ3v) is 4.18. The van der Waals surface area contributed by atoms with Crippen LogP contribution in [0.1, 0.15) is 35.6 Å². The molecule has 1 heterocycles. The van der Waals surface area contributed by atoms with E-state index >= 15 is 0 Å². The van der Waals surface area contributed by atoms with Crippen molar-refractivity contribution >= 4 is 5.91 Å². The van der Waals surface area contributed by atoms with Gasteiger partial charge in [0, 0.05) is 19.0 Å². The Balaban J connectivity index is 1.72. The zero-order valence-electron chi connectivity index (χ0n) is 12.8. The molecular weight excluding hydrogens is 286 g/mol. The van der Waals surface area contributed by atoms with E-state index in [2.05, 4.69) is 16.7 Å². The first kappa shape index (κ1) is 15.3. The van der Waals surface area contributed by atoms with Gasteiger partial charge in [-0.25, -0.2) is 0 Å². The van der Waals surface area contributed by atoms with Crippen LogP contribution in [0.3, 0.4) is 0 Å². The lowest BCUT2D eigenvalue weighted by molar-refractivity contribution is -0.123. The molecule has 1 aliphatic rings. The summed E-state index contributed by atoms with van der Waals surface area (Å²) in [5.41, 5.74) is 2.86.